The number of halogens is 2. The zero-order valence-electron chi connectivity index (χ0n) is 9.10. The SMILES string of the molecule is Cl.Nc1ccc(OCc2ccccc2)c(F)c1. The van der Waals surface area contributed by atoms with Gasteiger partial charge in [0.25, 0.3) is 0 Å². The van der Waals surface area contributed by atoms with E-state index in [0.29, 0.717) is 12.3 Å². The molecule has 2 rings (SSSR count). The second-order valence-electron chi connectivity index (χ2n) is 3.46. The van der Waals surface area contributed by atoms with Crippen molar-refractivity contribution in [2.75, 3.05) is 5.73 Å². The number of nitrogen functional groups attached to an aromatic ring is 1. The lowest BCUT2D eigenvalue weighted by Crippen LogP contribution is -1.97. The van der Waals surface area contributed by atoms with Crippen LogP contribution in [-0.2, 0) is 6.61 Å². The van der Waals surface area contributed by atoms with Gasteiger partial charge < -0.3 is 10.5 Å². The van der Waals surface area contributed by atoms with Crippen molar-refractivity contribution in [2.24, 2.45) is 0 Å². The Morgan fingerprint density at radius 3 is 2.41 bits per heavy atom. The molecule has 2 aromatic rings. The average Bonchev–Trinajstić information content (AvgIpc) is 2.29. The second-order valence-corrected chi connectivity index (χ2v) is 3.46. The van der Waals surface area contributed by atoms with Crippen LogP contribution in [0.15, 0.2) is 48.5 Å². The largest absolute Gasteiger partial charge is 0.486 e. The molecule has 0 spiro atoms. The Labute approximate surface area is 106 Å². The number of hydrogen-bond donors (Lipinski definition) is 1. The van der Waals surface area contributed by atoms with Crippen LogP contribution in [0.2, 0.25) is 0 Å². The summed E-state index contributed by atoms with van der Waals surface area (Å²) in [6.45, 7) is 0.349. The summed E-state index contributed by atoms with van der Waals surface area (Å²) in [5, 5.41) is 0. The Morgan fingerprint density at radius 1 is 1.06 bits per heavy atom. The normalized spacial score (nSPS) is 9.47. The first-order valence-electron chi connectivity index (χ1n) is 4.97. The minimum absolute atomic E-state index is 0. The third-order valence-corrected chi connectivity index (χ3v) is 2.19. The van der Waals surface area contributed by atoms with Gasteiger partial charge in [0.05, 0.1) is 0 Å². The van der Waals surface area contributed by atoms with Crippen molar-refractivity contribution in [3.8, 4) is 5.75 Å². The van der Waals surface area contributed by atoms with Gasteiger partial charge in [-0.1, -0.05) is 30.3 Å². The van der Waals surface area contributed by atoms with Crippen LogP contribution >= 0.6 is 12.4 Å². The molecule has 0 saturated carbocycles. The third-order valence-electron chi connectivity index (χ3n) is 2.19. The number of nitrogens with two attached hydrogens (primary N) is 1. The summed E-state index contributed by atoms with van der Waals surface area (Å²) in [7, 11) is 0. The predicted octanol–water partition coefficient (Wildman–Crippen LogP) is 3.41. The molecule has 0 aliphatic carbocycles. The highest BCUT2D eigenvalue weighted by atomic mass is 35.5. The fraction of sp³-hybridized carbons (Fsp3) is 0.0769. The molecule has 0 saturated heterocycles. The number of ether oxygens (including phenoxy) is 1. The molecule has 0 aliphatic rings. The molecular formula is C13H13ClFNO. The Balaban J connectivity index is 0.00000144. The van der Waals surface area contributed by atoms with Crippen LogP contribution in [0.4, 0.5) is 10.1 Å². The quantitative estimate of drug-likeness (QED) is 0.851. The van der Waals surface area contributed by atoms with Crippen molar-refractivity contribution < 1.29 is 9.13 Å². The molecule has 4 heteroatoms. The summed E-state index contributed by atoms with van der Waals surface area (Å²) < 4.78 is 18.7. The summed E-state index contributed by atoms with van der Waals surface area (Å²) in [4.78, 5) is 0. The number of rotatable bonds is 3. The smallest absolute Gasteiger partial charge is 0.167 e. The molecule has 2 aromatic carbocycles. The van der Waals surface area contributed by atoms with Crippen molar-refractivity contribution >= 4 is 18.1 Å². The van der Waals surface area contributed by atoms with E-state index in [1.807, 2.05) is 30.3 Å². The molecule has 17 heavy (non-hydrogen) atoms. The van der Waals surface area contributed by atoms with Crippen molar-refractivity contribution in [2.45, 2.75) is 6.61 Å². The minimum atomic E-state index is -0.434. The predicted molar refractivity (Wildman–Crippen MR) is 68.8 cm³/mol. The van der Waals surface area contributed by atoms with Gasteiger partial charge in [-0.15, -0.1) is 12.4 Å². The lowest BCUT2D eigenvalue weighted by molar-refractivity contribution is 0.290. The highest BCUT2D eigenvalue weighted by molar-refractivity contribution is 5.85. The van der Waals surface area contributed by atoms with Gasteiger partial charge in [0.1, 0.15) is 6.61 Å². The molecule has 0 fully saturated rings. The van der Waals surface area contributed by atoms with E-state index < -0.39 is 5.82 Å². The van der Waals surface area contributed by atoms with Crippen molar-refractivity contribution in [1.29, 1.82) is 0 Å². The van der Waals surface area contributed by atoms with E-state index in [9.17, 15) is 4.39 Å². The number of benzene rings is 2. The summed E-state index contributed by atoms with van der Waals surface area (Å²) in [6, 6.07) is 14.0. The first kappa shape index (κ1) is 13.3. The van der Waals surface area contributed by atoms with Crippen molar-refractivity contribution in [3.63, 3.8) is 0 Å². The van der Waals surface area contributed by atoms with Gasteiger partial charge in [0, 0.05) is 11.8 Å². The van der Waals surface area contributed by atoms with Crippen LogP contribution in [0, 0.1) is 5.82 Å². The number of hydrogen-bond acceptors (Lipinski definition) is 2. The first-order chi connectivity index (χ1) is 7.75. The van der Waals surface area contributed by atoms with Crippen LogP contribution in [0.1, 0.15) is 5.56 Å². The molecule has 0 unspecified atom stereocenters. The molecule has 0 amide bonds. The van der Waals surface area contributed by atoms with Gasteiger partial charge in [-0.2, -0.15) is 0 Å². The van der Waals surface area contributed by atoms with Gasteiger partial charge >= 0.3 is 0 Å². The van der Waals surface area contributed by atoms with Crippen LogP contribution in [0.5, 0.6) is 5.75 Å². The van der Waals surface area contributed by atoms with Crippen LogP contribution in [0.3, 0.4) is 0 Å². The highest BCUT2D eigenvalue weighted by Gasteiger charge is 2.03. The molecule has 2 N–H and O–H groups in total. The summed E-state index contributed by atoms with van der Waals surface area (Å²) >= 11 is 0. The molecule has 0 bridgehead atoms. The summed E-state index contributed by atoms with van der Waals surface area (Å²) in [6.07, 6.45) is 0. The molecule has 0 heterocycles. The van der Waals surface area contributed by atoms with E-state index in [0.717, 1.165) is 5.56 Å². The standard InChI is InChI=1S/C13H12FNO.ClH/c14-12-8-11(15)6-7-13(12)16-9-10-4-2-1-3-5-10;/h1-8H,9,15H2;1H. The first-order valence-corrected chi connectivity index (χ1v) is 4.97. The molecule has 0 atom stereocenters. The van der Waals surface area contributed by atoms with Gasteiger partial charge in [0.2, 0.25) is 0 Å². The van der Waals surface area contributed by atoms with E-state index in [1.54, 1.807) is 6.07 Å². The van der Waals surface area contributed by atoms with Crippen molar-refractivity contribution in [1.82, 2.24) is 0 Å². The van der Waals surface area contributed by atoms with Gasteiger partial charge in [0.15, 0.2) is 11.6 Å². The maximum absolute atomic E-state index is 13.3. The number of anilines is 1. The fourth-order valence-electron chi connectivity index (χ4n) is 1.37. The van der Waals surface area contributed by atoms with Gasteiger partial charge in [-0.25, -0.2) is 4.39 Å². The van der Waals surface area contributed by atoms with Gasteiger partial charge in [-0.05, 0) is 17.7 Å². The zero-order chi connectivity index (χ0) is 11.4. The fourth-order valence-corrected chi connectivity index (χ4v) is 1.37. The van der Waals surface area contributed by atoms with E-state index in [4.69, 9.17) is 10.5 Å². The Morgan fingerprint density at radius 2 is 1.76 bits per heavy atom. The molecule has 0 aliphatic heterocycles. The van der Waals surface area contributed by atoms with E-state index in [-0.39, 0.29) is 18.2 Å². The lowest BCUT2D eigenvalue weighted by Gasteiger charge is -2.07. The average molecular weight is 254 g/mol. The Hall–Kier alpha value is -1.74. The third kappa shape index (κ3) is 3.64. The molecule has 0 radical (unpaired) electrons. The van der Waals surface area contributed by atoms with Crippen molar-refractivity contribution in [3.05, 3.63) is 59.9 Å². The zero-order valence-corrected chi connectivity index (χ0v) is 9.91. The summed E-state index contributed by atoms with van der Waals surface area (Å²) in [5.41, 5.74) is 6.83. The monoisotopic (exact) mass is 253 g/mol. The maximum atomic E-state index is 13.3. The highest BCUT2D eigenvalue weighted by Crippen LogP contribution is 2.20. The molecular weight excluding hydrogens is 241 g/mol. The molecule has 2 nitrogen and oxygen atoms in total. The maximum Gasteiger partial charge on any atom is 0.167 e. The van der Waals surface area contributed by atoms with Crippen LogP contribution in [0.25, 0.3) is 0 Å². The summed E-state index contributed by atoms with van der Waals surface area (Å²) in [5.74, 6) is -0.214. The van der Waals surface area contributed by atoms with E-state index in [2.05, 4.69) is 0 Å². The van der Waals surface area contributed by atoms with E-state index in [1.165, 1.54) is 12.1 Å². The topological polar surface area (TPSA) is 35.2 Å². The second kappa shape index (κ2) is 6.11. The lowest BCUT2D eigenvalue weighted by atomic mass is 10.2. The van der Waals surface area contributed by atoms with Crippen LogP contribution in [-0.4, -0.2) is 0 Å². The van der Waals surface area contributed by atoms with Crippen LogP contribution < -0.4 is 10.5 Å². The minimum Gasteiger partial charge on any atom is -0.486 e. The molecule has 90 valence electrons. The Bertz CT molecular complexity index is 476. The molecule has 0 aromatic heterocycles. The Kier molecular flexibility index (Phi) is 4.79. The van der Waals surface area contributed by atoms with Gasteiger partial charge in [-0.3, -0.25) is 0 Å². The van der Waals surface area contributed by atoms with E-state index >= 15 is 0 Å².